The third-order valence-corrected chi connectivity index (χ3v) is 3.66. The Morgan fingerprint density at radius 2 is 2.00 bits per heavy atom. The van der Waals surface area contributed by atoms with E-state index in [4.69, 9.17) is 4.74 Å². The minimum absolute atomic E-state index is 0.173. The van der Waals surface area contributed by atoms with Crippen molar-refractivity contribution in [2.45, 2.75) is 39.8 Å². The Kier molecular flexibility index (Phi) is 5.85. The Bertz CT molecular complexity index is 754. The number of hydrogen-bond donors (Lipinski definition) is 1. The Morgan fingerprint density at radius 3 is 2.67 bits per heavy atom. The number of nitrogens with zero attached hydrogens (tertiary/aromatic N) is 3. The summed E-state index contributed by atoms with van der Waals surface area (Å²) < 4.78 is 5.26. The minimum atomic E-state index is -0.311. The molecule has 1 aromatic heterocycles. The molecule has 1 N–H and O–H groups in total. The van der Waals surface area contributed by atoms with E-state index in [2.05, 4.69) is 21.6 Å². The van der Waals surface area contributed by atoms with Crippen LogP contribution in [0.2, 0.25) is 0 Å². The van der Waals surface area contributed by atoms with Gasteiger partial charge in [-0.05, 0) is 31.9 Å². The predicted octanol–water partition coefficient (Wildman–Crippen LogP) is 2.90. The molecule has 0 radical (unpaired) electrons. The van der Waals surface area contributed by atoms with Gasteiger partial charge >= 0.3 is 5.97 Å². The van der Waals surface area contributed by atoms with Crippen molar-refractivity contribution in [2.75, 3.05) is 5.32 Å². The molecule has 0 aliphatic rings. The third-order valence-electron chi connectivity index (χ3n) is 3.66. The fourth-order valence-corrected chi connectivity index (χ4v) is 2.18. The number of carbonyl (C=O) groups is 1. The SMILES string of the molecule is Cc1nnc(NC(C)CC(=O)OCc2ccccc2)c(C#N)c1C. The van der Waals surface area contributed by atoms with Crippen molar-refractivity contribution >= 4 is 11.8 Å². The lowest BCUT2D eigenvalue weighted by Gasteiger charge is -2.15. The smallest absolute Gasteiger partial charge is 0.308 e. The summed E-state index contributed by atoms with van der Waals surface area (Å²) >= 11 is 0. The van der Waals surface area contributed by atoms with Gasteiger partial charge in [-0.15, -0.1) is 5.10 Å². The zero-order chi connectivity index (χ0) is 17.5. The topological polar surface area (TPSA) is 87.9 Å². The molecular formula is C18H20N4O2. The summed E-state index contributed by atoms with van der Waals surface area (Å²) in [7, 11) is 0. The maximum absolute atomic E-state index is 11.9. The van der Waals surface area contributed by atoms with E-state index in [0.29, 0.717) is 17.1 Å². The number of anilines is 1. The number of hydrogen-bond acceptors (Lipinski definition) is 6. The molecule has 0 bridgehead atoms. The molecule has 6 nitrogen and oxygen atoms in total. The van der Waals surface area contributed by atoms with E-state index in [1.165, 1.54) is 0 Å². The van der Waals surface area contributed by atoms with Crippen LogP contribution in [0.15, 0.2) is 30.3 Å². The number of carbonyl (C=O) groups excluding carboxylic acids is 1. The number of aryl methyl sites for hydroxylation is 1. The van der Waals surface area contributed by atoms with Crippen molar-refractivity contribution in [2.24, 2.45) is 0 Å². The van der Waals surface area contributed by atoms with Crippen LogP contribution in [-0.2, 0) is 16.1 Å². The van der Waals surface area contributed by atoms with Crippen LogP contribution in [-0.4, -0.2) is 22.2 Å². The summed E-state index contributed by atoms with van der Waals surface area (Å²) in [5, 5.41) is 20.4. The van der Waals surface area contributed by atoms with Gasteiger partial charge in [0.05, 0.1) is 12.1 Å². The van der Waals surface area contributed by atoms with Gasteiger partial charge < -0.3 is 10.1 Å². The molecule has 1 heterocycles. The first-order valence-corrected chi connectivity index (χ1v) is 7.71. The van der Waals surface area contributed by atoms with Crippen LogP contribution in [0.25, 0.3) is 0 Å². The van der Waals surface area contributed by atoms with E-state index < -0.39 is 0 Å². The van der Waals surface area contributed by atoms with Crippen LogP contribution in [0.5, 0.6) is 0 Å². The van der Waals surface area contributed by atoms with Gasteiger partial charge in [-0.2, -0.15) is 10.4 Å². The highest BCUT2D eigenvalue weighted by atomic mass is 16.5. The zero-order valence-corrected chi connectivity index (χ0v) is 14.0. The van der Waals surface area contributed by atoms with Crippen LogP contribution < -0.4 is 5.32 Å². The number of rotatable bonds is 6. The van der Waals surface area contributed by atoms with E-state index in [1.54, 1.807) is 6.92 Å². The van der Waals surface area contributed by atoms with Crippen LogP contribution >= 0.6 is 0 Å². The van der Waals surface area contributed by atoms with Crippen molar-refractivity contribution in [3.05, 3.63) is 52.7 Å². The van der Waals surface area contributed by atoms with Crippen molar-refractivity contribution in [3.8, 4) is 6.07 Å². The lowest BCUT2D eigenvalue weighted by Crippen LogP contribution is -2.22. The van der Waals surface area contributed by atoms with Gasteiger partial charge in [-0.25, -0.2) is 0 Å². The van der Waals surface area contributed by atoms with Crippen LogP contribution in [0.1, 0.15) is 35.7 Å². The number of aromatic nitrogens is 2. The summed E-state index contributed by atoms with van der Waals surface area (Å²) in [4.78, 5) is 11.9. The van der Waals surface area contributed by atoms with Gasteiger partial charge in [-0.1, -0.05) is 30.3 Å². The lowest BCUT2D eigenvalue weighted by molar-refractivity contribution is -0.145. The van der Waals surface area contributed by atoms with Crippen molar-refractivity contribution in [1.82, 2.24) is 10.2 Å². The highest BCUT2D eigenvalue weighted by molar-refractivity contribution is 5.71. The summed E-state index contributed by atoms with van der Waals surface area (Å²) in [6.45, 7) is 5.71. The molecule has 1 atom stereocenters. The monoisotopic (exact) mass is 324 g/mol. The molecule has 2 aromatic rings. The molecule has 0 spiro atoms. The third kappa shape index (κ3) is 4.53. The lowest BCUT2D eigenvalue weighted by atomic mass is 10.1. The fourth-order valence-electron chi connectivity index (χ4n) is 2.18. The number of benzene rings is 1. The largest absolute Gasteiger partial charge is 0.461 e. The van der Waals surface area contributed by atoms with Gasteiger partial charge in [-0.3, -0.25) is 4.79 Å². The summed E-state index contributed by atoms with van der Waals surface area (Å²) in [5.41, 5.74) is 2.89. The first kappa shape index (κ1) is 17.4. The molecule has 0 fully saturated rings. The predicted molar refractivity (Wildman–Crippen MR) is 90.2 cm³/mol. The van der Waals surface area contributed by atoms with Gasteiger partial charge in [0, 0.05) is 6.04 Å². The molecule has 6 heteroatoms. The van der Waals surface area contributed by atoms with E-state index in [0.717, 1.165) is 11.1 Å². The fraction of sp³-hybridized carbons (Fsp3) is 0.333. The molecule has 0 aliphatic carbocycles. The molecule has 2 rings (SSSR count). The highest BCUT2D eigenvalue weighted by Gasteiger charge is 2.15. The minimum Gasteiger partial charge on any atom is -0.461 e. The van der Waals surface area contributed by atoms with Crippen LogP contribution in [0.3, 0.4) is 0 Å². The van der Waals surface area contributed by atoms with Gasteiger partial charge in [0.25, 0.3) is 0 Å². The quantitative estimate of drug-likeness (QED) is 0.822. The molecule has 24 heavy (non-hydrogen) atoms. The van der Waals surface area contributed by atoms with E-state index in [9.17, 15) is 10.1 Å². The Morgan fingerprint density at radius 1 is 1.29 bits per heavy atom. The van der Waals surface area contributed by atoms with Crippen molar-refractivity contribution in [1.29, 1.82) is 5.26 Å². The van der Waals surface area contributed by atoms with Crippen molar-refractivity contribution in [3.63, 3.8) is 0 Å². The average Bonchev–Trinajstić information content (AvgIpc) is 2.57. The van der Waals surface area contributed by atoms with Gasteiger partial charge in [0.2, 0.25) is 0 Å². The van der Waals surface area contributed by atoms with E-state index in [-0.39, 0.29) is 25.0 Å². The summed E-state index contributed by atoms with van der Waals surface area (Å²) in [6, 6.07) is 11.4. The highest BCUT2D eigenvalue weighted by Crippen LogP contribution is 2.18. The molecular weight excluding hydrogens is 304 g/mol. The maximum Gasteiger partial charge on any atom is 0.308 e. The molecule has 124 valence electrons. The Hall–Kier alpha value is -2.94. The summed E-state index contributed by atoms with van der Waals surface area (Å²) in [6.07, 6.45) is 0.173. The van der Waals surface area contributed by atoms with E-state index in [1.807, 2.05) is 44.2 Å². The van der Waals surface area contributed by atoms with Crippen LogP contribution in [0.4, 0.5) is 5.82 Å². The molecule has 0 aliphatic heterocycles. The van der Waals surface area contributed by atoms with Crippen LogP contribution in [0, 0.1) is 25.2 Å². The second-order valence-electron chi connectivity index (χ2n) is 5.64. The average molecular weight is 324 g/mol. The number of esters is 1. The van der Waals surface area contributed by atoms with Gasteiger partial charge in [0.1, 0.15) is 18.2 Å². The molecule has 1 unspecified atom stereocenters. The first-order valence-electron chi connectivity index (χ1n) is 7.71. The normalized spacial score (nSPS) is 11.4. The number of nitrogens with one attached hydrogen (secondary N) is 1. The molecule has 0 saturated carbocycles. The van der Waals surface area contributed by atoms with Crippen molar-refractivity contribution < 1.29 is 9.53 Å². The Labute approximate surface area is 141 Å². The molecule has 1 aromatic carbocycles. The molecule has 0 saturated heterocycles. The Balaban J connectivity index is 1.91. The standard InChI is InChI=1S/C18H20N4O2/c1-12(9-17(23)24-11-15-7-5-4-6-8-15)20-18-16(10-19)13(2)14(3)21-22-18/h4-8,12H,9,11H2,1-3H3,(H,20,22). The van der Waals surface area contributed by atoms with Gasteiger partial charge in [0.15, 0.2) is 5.82 Å². The number of ether oxygens (including phenoxy) is 1. The maximum atomic E-state index is 11.9. The first-order chi connectivity index (χ1) is 11.5. The zero-order valence-electron chi connectivity index (χ0n) is 14.0. The second-order valence-corrected chi connectivity index (χ2v) is 5.64. The van der Waals surface area contributed by atoms with E-state index >= 15 is 0 Å². The second kappa shape index (κ2) is 8.06. The summed E-state index contributed by atoms with van der Waals surface area (Å²) in [5.74, 6) is 0.0816. The molecule has 0 amide bonds. The number of nitriles is 1.